The third-order valence-corrected chi connectivity index (χ3v) is 3.33. The molecule has 2 aromatic carbocycles. The van der Waals surface area contributed by atoms with Gasteiger partial charge in [0.15, 0.2) is 0 Å². The van der Waals surface area contributed by atoms with Gasteiger partial charge in [-0.25, -0.2) is 4.98 Å². The van der Waals surface area contributed by atoms with Gasteiger partial charge in [-0.2, -0.15) is 13.2 Å². The summed E-state index contributed by atoms with van der Waals surface area (Å²) in [6, 6.07) is 11.2. The second-order valence-corrected chi connectivity index (χ2v) is 4.90. The van der Waals surface area contributed by atoms with Crippen LogP contribution in [0.2, 0.25) is 0 Å². The van der Waals surface area contributed by atoms with Crippen molar-refractivity contribution in [3.63, 3.8) is 0 Å². The molecule has 3 aromatic rings. The number of nitrogens with zero attached hydrogens (tertiary/aromatic N) is 2. The Morgan fingerprint density at radius 2 is 1.83 bits per heavy atom. The molecule has 1 heterocycles. The van der Waals surface area contributed by atoms with E-state index in [9.17, 15) is 18.0 Å². The first-order valence-corrected chi connectivity index (χ1v) is 6.67. The van der Waals surface area contributed by atoms with Crippen molar-refractivity contribution in [2.45, 2.75) is 6.18 Å². The molecule has 7 heteroatoms. The molecule has 0 aliphatic rings. The molecule has 3 rings (SSSR count). The average Bonchev–Trinajstić information content (AvgIpc) is 2.52. The number of hydrogen-bond donors (Lipinski definition) is 0. The normalized spacial score (nSPS) is 11.7. The fourth-order valence-electron chi connectivity index (χ4n) is 2.17. The van der Waals surface area contributed by atoms with Gasteiger partial charge in [0.2, 0.25) is 0 Å². The summed E-state index contributed by atoms with van der Waals surface area (Å²) >= 11 is 0. The predicted octanol–water partition coefficient (Wildman–Crippen LogP) is 3.74. The van der Waals surface area contributed by atoms with Crippen LogP contribution in [0.25, 0.3) is 11.0 Å². The van der Waals surface area contributed by atoms with Gasteiger partial charge in [0, 0.05) is 7.05 Å². The van der Waals surface area contributed by atoms with Crippen molar-refractivity contribution >= 4 is 11.0 Å². The number of aryl methyl sites for hydroxylation is 1. The summed E-state index contributed by atoms with van der Waals surface area (Å²) in [5.74, 6) is -0.370. The zero-order valence-electron chi connectivity index (χ0n) is 12.0. The minimum absolute atomic E-state index is 0.0975. The average molecular weight is 320 g/mol. The molecule has 118 valence electrons. The van der Waals surface area contributed by atoms with Gasteiger partial charge in [0.1, 0.15) is 5.75 Å². The molecule has 0 bridgehead atoms. The molecule has 0 spiro atoms. The molecule has 0 unspecified atom stereocenters. The van der Waals surface area contributed by atoms with E-state index in [1.807, 2.05) is 0 Å². The van der Waals surface area contributed by atoms with Gasteiger partial charge >= 0.3 is 11.7 Å². The number of rotatable bonds is 2. The van der Waals surface area contributed by atoms with Crippen molar-refractivity contribution in [3.05, 3.63) is 64.4 Å². The summed E-state index contributed by atoms with van der Waals surface area (Å²) in [6.45, 7) is 0. The first-order valence-electron chi connectivity index (χ1n) is 6.67. The maximum absolute atomic E-state index is 12.7. The molecule has 23 heavy (non-hydrogen) atoms. The van der Waals surface area contributed by atoms with Crippen molar-refractivity contribution in [1.82, 2.24) is 9.55 Å². The van der Waals surface area contributed by atoms with E-state index in [-0.39, 0.29) is 11.6 Å². The minimum atomic E-state index is -4.48. The van der Waals surface area contributed by atoms with Gasteiger partial charge in [-0.3, -0.25) is 4.79 Å². The van der Waals surface area contributed by atoms with Crippen molar-refractivity contribution in [1.29, 1.82) is 0 Å². The lowest BCUT2D eigenvalue weighted by molar-refractivity contribution is -0.137. The number of para-hydroxylation sites is 2. The van der Waals surface area contributed by atoms with Gasteiger partial charge < -0.3 is 9.30 Å². The fourth-order valence-corrected chi connectivity index (χ4v) is 2.17. The molecule has 0 saturated heterocycles. The van der Waals surface area contributed by atoms with E-state index >= 15 is 0 Å². The lowest BCUT2D eigenvalue weighted by Crippen LogP contribution is -2.20. The highest BCUT2D eigenvalue weighted by Crippen LogP contribution is 2.32. The van der Waals surface area contributed by atoms with Crippen LogP contribution in [-0.4, -0.2) is 9.55 Å². The van der Waals surface area contributed by atoms with Crippen LogP contribution in [0.4, 0.5) is 13.2 Å². The highest BCUT2D eigenvalue weighted by atomic mass is 19.4. The summed E-state index contributed by atoms with van der Waals surface area (Å²) in [4.78, 5) is 16.3. The summed E-state index contributed by atoms with van der Waals surface area (Å²) < 4.78 is 44.8. The lowest BCUT2D eigenvalue weighted by atomic mass is 10.2. The third kappa shape index (κ3) is 2.90. The molecular formula is C16H11F3N2O2. The maximum Gasteiger partial charge on any atom is 0.416 e. The third-order valence-electron chi connectivity index (χ3n) is 3.33. The van der Waals surface area contributed by atoms with Crippen molar-refractivity contribution in [2.24, 2.45) is 7.05 Å². The van der Waals surface area contributed by atoms with Gasteiger partial charge in [-0.15, -0.1) is 0 Å². The second-order valence-electron chi connectivity index (χ2n) is 4.90. The standard InChI is InChI=1S/C16H11F3N2O2/c1-21-13-8-3-2-7-12(13)20-14(15(21)22)23-11-6-4-5-10(9-11)16(17,18)19/h2-9H,1H3. The zero-order valence-corrected chi connectivity index (χ0v) is 12.0. The van der Waals surface area contributed by atoms with Gasteiger partial charge in [0.25, 0.3) is 5.88 Å². The molecule has 0 saturated carbocycles. The number of fused-ring (bicyclic) bond motifs is 1. The number of benzene rings is 2. The van der Waals surface area contributed by atoms with E-state index in [2.05, 4.69) is 4.98 Å². The zero-order chi connectivity index (χ0) is 16.6. The van der Waals surface area contributed by atoms with Crippen LogP contribution in [0.1, 0.15) is 5.56 Å². The van der Waals surface area contributed by atoms with Crippen LogP contribution in [0.5, 0.6) is 11.6 Å². The van der Waals surface area contributed by atoms with E-state index < -0.39 is 17.3 Å². The first kappa shape index (κ1) is 15.1. The lowest BCUT2D eigenvalue weighted by Gasteiger charge is -2.11. The second kappa shape index (κ2) is 5.42. The molecule has 4 nitrogen and oxygen atoms in total. The topological polar surface area (TPSA) is 44.1 Å². The molecule has 0 N–H and O–H groups in total. The molecule has 0 radical (unpaired) electrons. The summed E-state index contributed by atoms with van der Waals surface area (Å²) in [7, 11) is 1.55. The Morgan fingerprint density at radius 3 is 2.57 bits per heavy atom. The summed E-state index contributed by atoms with van der Waals surface area (Å²) in [6.07, 6.45) is -4.48. The quantitative estimate of drug-likeness (QED) is 0.722. The van der Waals surface area contributed by atoms with E-state index in [4.69, 9.17) is 4.74 Å². The Kier molecular flexibility index (Phi) is 3.55. The van der Waals surface area contributed by atoms with Gasteiger partial charge in [0.05, 0.1) is 16.6 Å². The molecule has 0 atom stereocenters. The van der Waals surface area contributed by atoms with E-state index in [1.165, 1.54) is 16.7 Å². The van der Waals surface area contributed by atoms with Crippen molar-refractivity contribution in [2.75, 3.05) is 0 Å². The highest BCUT2D eigenvalue weighted by molar-refractivity contribution is 5.74. The Hall–Kier alpha value is -2.83. The monoisotopic (exact) mass is 320 g/mol. The smallest absolute Gasteiger partial charge is 0.416 e. The predicted molar refractivity (Wildman–Crippen MR) is 78.5 cm³/mol. The molecule has 0 fully saturated rings. The van der Waals surface area contributed by atoms with Gasteiger partial charge in [-0.05, 0) is 30.3 Å². The number of ether oxygens (including phenoxy) is 1. The number of aromatic nitrogens is 2. The van der Waals surface area contributed by atoms with E-state index in [0.717, 1.165) is 12.1 Å². The van der Waals surface area contributed by atoms with Crippen LogP contribution in [0.15, 0.2) is 53.3 Å². The van der Waals surface area contributed by atoms with E-state index in [1.54, 1.807) is 31.3 Å². The Balaban J connectivity index is 2.06. The number of halogens is 3. The fraction of sp³-hybridized carbons (Fsp3) is 0.125. The van der Waals surface area contributed by atoms with Crippen LogP contribution < -0.4 is 10.3 Å². The van der Waals surface area contributed by atoms with Crippen molar-refractivity contribution in [3.8, 4) is 11.6 Å². The summed E-state index contributed by atoms with van der Waals surface area (Å²) in [5, 5.41) is 0. The van der Waals surface area contributed by atoms with Crippen LogP contribution in [-0.2, 0) is 13.2 Å². The van der Waals surface area contributed by atoms with E-state index in [0.29, 0.717) is 11.0 Å². The Labute approximate surface area is 128 Å². The van der Waals surface area contributed by atoms with Gasteiger partial charge in [-0.1, -0.05) is 18.2 Å². The maximum atomic E-state index is 12.7. The molecule has 0 aliphatic carbocycles. The first-order chi connectivity index (χ1) is 10.9. The number of alkyl halides is 3. The molecule has 0 aliphatic heterocycles. The van der Waals surface area contributed by atoms with Crippen LogP contribution in [0.3, 0.4) is 0 Å². The highest BCUT2D eigenvalue weighted by Gasteiger charge is 2.30. The molecular weight excluding hydrogens is 309 g/mol. The van der Waals surface area contributed by atoms with Crippen molar-refractivity contribution < 1.29 is 17.9 Å². The summed E-state index contributed by atoms with van der Waals surface area (Å²) in [5.41, 5.74) is -0.265. The minimum Gasteiger partial charge on any atom is -0.435 e. The molecule has 1 aromatic heterocycles. The van der Waals surface area contributed by atoms with Crippen LogP contribution in [0, 0.1) is 0 Å². The Morgan fingerprint density at radius 1 is 1.09 bits per heavy atom. The largest absolute Gasteiger partial charge is 0.435 e. The number of hydrogen-bond acceptors (Lipinski definition) is 3. The molecule has 0 amide bonds. The SMILES string of the molecule is Cn1c(=O)c(Oc2cccc(C(F)(F)F)c2)nc2ccccc21. The van der Waals surface area contributed by atoms with Crippen LogP contribution >= 0.6 is 0 Å². The Bertz CT molecular complexity index is 932.